The maximum atomic E-state index is 14.3. The lowest BCUT2D eigenvalue weighted by molar-refractivity contribution is 0.619. The highest BCUT2D eigenvalue weighted by Gasteiger charge is 2.11. The van der Waals surface area contributed by atoms with Crippen molar-refractivity contribution in [3.05, 3.63) is 64.5 Å². The van der Waals surface area contributed by atoms with Gasteiger partial charge in [-0.25, -0.2) is 4.39 Å². The van der Waals surface area contributed by atoms with Gasteiger partial charge in [0.1, 0.15) is 5.82 Å². The van der Waals surface area contributed by atoms with E-state index in [1.807, 2.05) is 29.8 Å². The molecule has 3 aromatic rings. The van der Waals surface area contributed by atoms with Crippen LogP contribution < -0.4 is 5.43 Å². The van der Waals surface area contributed by atoms with Crippen molar-refractivity contribution in [1.29, 1.82) is 0 Å². The van der Waals surface area contributed by atoms with Gasteiger partial charge in [-0.15, -0.1) is 0 Å². The highest BCUT2D eigenvalue weighted by molar-refractivity contribution is 5.82. The Kier molecular flexibility index (Phi) is 2.93. The molecule has 3 nitrogen and oxygen atoms in total. The van der Waals surface area contributed by atoms with Crippen molar-refractivity contribution < 1.29 is 4.39 Å². The number of pyridine rings is 1. The van der Waals surface area contributed by atoms with E-state index in [0.717, 1.165) is 12.1 Å². The molecule has 0 unspecified atom stereocenters. The Morgan fingerprint density at radius 3 is 2.55 bits per heavy atom. The van der Waals surface area contributed by atoms with E-state index in [4.69, 9.17) is 0 Å². The Bertz CT molecular complexity index is 832. The summed E-state index contributed by atoms with van der Waals surface area (Å²) in [6, 6.07) is 6.75. The molecule has 0 radical (unpaired) electrons. The van der Waals surface area contributed by atoms with Crippen molar-refractivity contribution in [1.82, 2.24) is 9.13 Å². The van der Waals surface area contributed by atoms with Crippen LogP contribution in [0.5, 0.6) is 0 Å². The number of hydrogen-bond acceptors (Lipinski definition) is 1. The van der Waals surface area contributed by atoms with Gasteiger partial charge >= 0.3 is 0 Å². The summed E-state index contributed by atoms with van der Waals surface area (Å²) in [5.74, 6) is -0.390. The zero-order valence-corrected chi connectivity index (χ0v) is 11.4. The fourth-order valence-electron chi connectivity index (χ4n) is 2.50. The number of benzene rings is 1. The first-order valence-corrected chi connectivity index (χ1v) is 6.58. The van der Waals surface area contributed by atoms with E-state index < -0.39 is 0 Å². The smallest absolute Gasteiger partial charge is 0.192 e. The molecule has 0 spiro atoms. The molecule has 0 aliphatic rings. The molecule has 0 N–H and O–H groups in total. The van der Waals surface area contributed by atoms with Gasteiger partial charge in [0.05, 0.1) is 11.2 Å². The van der Waals surface area contributed by atoms with Crippen LogP contribution in [0.25, 0.3) is 16.6 Å². The summed E-state index contributed by atoms with van der Waals surface area (Å²) < 4.78 is 17.9. The molecule has 1 aromatic carbocycles. The lowest BCUT2D eigenvalue weighted by Gasteiger charge is -2.13. The van der Waals surface area contributed by atoms with Crippen molar-refractivity contribution in [2.75, 3.05) is 0 Å². The van der Waals surface area contributed by atoms with Crippen molar-refractivity contribution in [2.24, 2.45) is 0 Å². The van der Waals surface area contributed by atoms with Crippen molar-refractivity contribution in [3.63, 3.8) is 0 Å². The predicted octanol–water partition coefficient (Wildman–Crippen LogP) is 3.26. The fourth-order valence-corrected chi connectivity index (χ4v) is 2.50. The number of rotatable bonds is 2. The summed E-state index contributed by atoms with van der Waals surface area (Å²) in [6.07, 6.45) is 5.39. The average molecular weight is 270 g/mol. The van der Waals surface area contributed by atoms with Crippen LogP contribution in [-0.4, -0.2) is 9.13 Å². The van der Waals surface area contributed by atoms with E-state index in [9.17, 15) is 9.18 Å². The van der Waals surface area contributed by atoms with E-state index in [0.29, 0.717) is 16.6 Å². The van der Waals surface area contributed by atoms with E-state index in [-0.39, 0.29) is 11.2 Å². The number of hydrogen-bond donors (Lipinski definition) is 0. The molecule has 4 heteroatoms. The molecule has 0 aliphatic heterocycles. The quantitative estimate of drug-likeness (QED) is 0.702. The first-order valence-electron chi connectivity index (χ1n) is 6.58. The summed E-state index contributed by atoms with van der Waals surface area (Å²) in [5, 5.41) is 0.431. The molecular formula is C16H15FN2O. The van der Waals surface area contributed by atoms with Gasteiger partial charge in [-0.2, -0.15) is 0 Å². The number of aromatic nitrogens is 2. The van der Waals surface area contributed by atoms with Crippen molar-refractivity contribution in [3.8, 4) is 5.69 Å². The van der Waals surface area contributed by atoms with Gasteiger partial charge in [0.25, 0.3) is 0 Å². The summed E-state index contributed by atoms with van der Waals surface area (Å²) in [4.78, 5) is 12.2. The van der Waals surface area contributed by atoms with Gasteiger partial charge in [-0.05, 0) is 38.1 Å². The highest BCUT2D eigenvalue weighted by Crippen LogP contribution is 2.21. The minimum Gasteiger partial charge on any atom is -0.347 e. The number of fused-ring (bicyclic) bond motifs is 1. The molecule has 2 heterocycles. The minimum absolute atomic E-state index is 0.109. The summed E-state index contributed by atoms with van der Waals surface area (Å²) in [6.45, 7) is 4.49. The largest absolute Gasteiger partial charge is 0.347 e. The third kappa shape index (κ3) is 1.84. The lowest BCUT2D eigenvalue weighted by Crippen LogP contribution is -2.13. The van der Waals surface area contributed by atoms with Crippen LogP contribution in [0.2, 0.25) is 0 Å². The molecule has 0 atom stereocenters. The third-order valence-electron chi connectivity index (χ3n) is 3.55. The van der Waals surface area contributed by atoms with Gasteiger partial charge in [-0.3, -0.25) is 4.79 Å². The maximum Gasteiger partial charge on any atom is 0.192 e. The van der Waals surface area contributed by atoms with E-state index in [2.05, 4.69) is 0 Å². The standard InChI is InChI=1S/C16H15FN2O/c1-3-18-10-11(2)16(20)12-8-13(17)15(9-14(12)18)19-6-4-5-7-19/h4-10H,3H2,1-2H3. The Morgan fingerprint density at radius 2 is 1.90 bits per heavy atom. The molecule has 0 bridgehead atoms. The average Bonchev–Trinajstić information content (AvgIpc) is 2.96. The lowest BCUT2D eigenvalue weighted by atomic mass is 10.1. The first-order chi connectivity index (χ1) is 9.61. The monoisotopic (exact) mass is 270 g/mol. The molecule has 0 saturated heterocycles. The van der Waals surface area contributed by atoms with Gasteiger partial charge < -0.3 is 9.13 Å². The Labute approximate surface area is 115 Å². The van der Waals surface area contributed by atoms with Crippen LogP contribution in [0.1, 0.15) is 12.5 Å². The van der Waals surface area contributed by atoms with Crippen LogP contribution in [0.3, 0.4) is 0 Å². The van der Waals surface area contributed by atoms with Crippen molar-refractivity contribution in [2.45, 2.75) is 20.4 Å². The molecule has 0 saturated carbocycles. The van der Waals surface area contributed by atoms with Gasteiger partial charge in [0.2, 0.25) is 0 Å². The van der Waals surface area contributed by atoms with E-state index in [1.54, 1.807) is 30.0 Å². The zero-order valence-electron chi connectivity index (χ0n) is 11.4. The Balaban J connectivity index is 2.41. The molecule has 0 fully saturated rings. The first kappa shape index (κ1) is 12.7. The predicted molar refractivity (Wildman–Crippen MR) is 77.9 cm³/mol. The van der Waals surface area contributed by atoms with Crippen LogP contribution >= 0.6 is 0 Å². The van der Waals surface area contributed by atoms with Crippen LogP contribution in [-0.2, 0) is 6.54 Å². The molecule has 0 aliphatic carbocycles. The molecule has 0 amide bonds. The second kappa shape index (κ2) is 4.63. The topological polar surface area (TPSA) is 26.9 Å². The number of halogens is 1. The normalized spacial score (nSPS) is 11.2. The summed E-state index contributed by atoms with van der Waals surface area (Å²) >= 11 is 0. The molecule has 20 heavy (non-hydrogen) atoms. The highest BCUT2D eigenvalue weighted by atomic mass is 19.1. The maximum absolute atomic E-state index is 14.3. The van der Waals surface area contributed by atoms with Crippen LogP contribution in [0.15, 0.2) is 47.7 Å². The summed E-state index contributed by atoms with van der Waals surface area (Å²) in [7, 11) is 0. The zero-order chi connectivity index (χ0) is 14.3. The molecule has 2 aromatic heterocycles. The van der Waals surface area contributed by atoms with Gasteiger partial charge in [-0.1, -0.05) is 0 Å². The van der Waals surface area contributed by atoms with E-state index in [1.165, 1.54) is 6.07 Å². The second-order valence-electron chi connectivity index (χ2n) is 4.84. The van der Waals surface area contributed by atoms with Gasteiger partial charge in [0.15, 0.2) is 5.43 Å². The molecular weight excluding hydrogens is 255 g/mol. The SMILES string of the molecule is CCn1cc(C)c(=O)c2cc(F)c(-n3cccc3)cc21. The Morgan fingerprint density at radius 1 is 1.20 bits per heavy atom. The van der Waals surface area contributed by atoms with Gasteiger partial charge in [0, 0.05) is 36.1 Å². The Hall–Kier alpha value is -2.36. The molecule has 102 valence electrons. The third-order valence-corrected chi connectivity index (χ3v) is 3.55. The number of nitrogens with zero attached hydrogens (tertiary/aromatic N) is 2. The van der Waals surface area contributed by atoms with Crippen LogP contribution in [0, 0.1) is 12.7 Å². The van der Waals surface area contributed by atoms with Crippen molar-refractivity contribution >= 4 is 10.9 Å². The number of aryl methyl sites for hydroxylation is 2. The van der Waals surface area contributed by atoms with E-state index >= 15 is 0 Å². The fraction of sp³-hybridized carbons (Fsp3) is 0.188. The summed E-state index contributed by atoms with van der Waals surface area (Å²) in [5.41, 5.74) is 1.73. The van der Waals surface area contributed by atoms with Crippen LogP contribution in [0.4, 0.5) is 4.39 Å². The molecule has 3 rings (SSSR count). The minimum atomic E-state index is -0.390. The second-order valence-corrected chi connectivity index (χ2v) is 4.84.